The van der Waals surface area contributed by atoms with Gasteiger partial charge in [-0.1, -0.05) is 12.1 Å². The van der Waals surface area contributed by atoms with Crippen molar-refractivity contribution in [1.29, 1.82) is 0 Å². The first-order valence-electron chi connectivity index (χ1n) is 3.21. The van der Waals surface area contributed by atoms with Gasteiger partial charge in [-0.3, -0.25) is 0 Å². The number of carboxylic acid groups (broad SMARTS) is 1. The minimum Gasteiger partial charge on any atom is -0.478 e. The SMILES string of the molecule is Cc1cccc(C(=O)O)c1N.N. The molecule has 1 aromatic rings. The number of aromatic carboxylic acids is 1. The second-order valence-electron chi connectivity index (χ2n) is 2.34. The average Bonchev–Trinajstić information content (AvgIpc) is 1.94. The molecular weight excluding hydrogens is 156 g/mol. The Balaban J connectivity index is 0.00000121. The third kappa shape index (κ3) is 1.73. The molecule has 0 bridgehead atoms. The van der Waals surface area contributed by atoms with E-state index in [9.17, 15) is 4.79 Å². The summed E-state index contributed by atoms with van der Waals surface area (Å²) in [5, 5.41) is 8.61. The van der Waals surface area contributed by atoms with Gasteiger partial charge in [-0.05, 0) is 18.6 Å². The van der Waals surface area contributed by atoms with E-state index >= 15 is 0 Å². The summed E-state index contributed by atoms with van der Waals surface area (Å²) in [5.41, 5.74) is 6.82. The smallest absolute Gasteiger partial charge is 0.337 e. The fourth-order valence-electron chi connectivity index (χ4n) is 0.867. The Hall–Kier alpha value is -1.55. The third-order valence-electron chi connectivity index (χ3n) is 1.55. The van der Waals surface area contributed by atoms with Gasteiger partial charge in [0.05, 0.1) is 5.56 Å². The van der Waals surface area contributed by atoms with Crippen LogP contribution in [0.15, 0.2) is 18.2 Å². The standard InChI is InChI=1S/C8H9NO2.H3N/c1-5-3-2-4-6(7(5)9)8(10)11;/h2-4H,9H2,1H3,(H,10,11);1H3. The number of nitrogen functional groups attached to an aromatic ring is 1. The van der Waals surface area contributed by atoms with Crippen LogP contribution in [0.4, 0.5) is 5.69 Å². The Bertz CT molecular complexity index is 297. The number of carbonyl (C=O) groups is 1. The summed E-state index contributed by atoms with van der Waals surface area (Å²) in [6, 6.07) is 4.95. The van der Waals surface area contributed by atoms with E-state index in [1.807, 2.05) is 0 Å². The first kappa shape index (κ1) is 10.4. The van der Waals surface area contributed by atoms with Gasteiger partial charge >= 0.3 is 5.97 Å². The van der Waals surface area contributed by atoms with E-state index in [0.717, 1.165) is 5.56 Å². The molecule has 0 saturated carbocycles. The number of nitrogens with two attached hydrogens (primary N) is 1. The molecule has 0 radical (unpaired) electrons. The van der Waals surface area contributed by atoms with Crippen molar-refractivity contribution in [3.05, 3.63) is 29.3 Å². The van der Waals surface area contributed by atoms with Gasteiger partial charge in [0.15, 0.2) is 0 Å². The lowest BCUT2D eigenvalue weighted by Crippen LogP contribution is -2.03. The predicted octanol–water partition coefficient (Wildman–Crippen LogP) is 1.44. The van der Waals surface area contributed by atoms with Gasteiger partial charge in [-0.25, -0.2) is 4.79 Å². The number of hydrogen-bond donors (Lipinski definition) is 3. The van der Waals surface area contributed by atoms with Gasteiger partial charge in [0.1, 0.15) is 0 Å². The quantitative estimate of drug-likeness (QED) is 0.552. The number of hydrogen-bond acceptors (Lipinski definition) is 3. The van der Waals surface area contributed by atoms with Crippen molar-refractivity contribution < 1.29 is 9.90 Å². The van der Waals surface area contributed by atoms with Crippen molar-refractivity contribution in [2.24, 2.45) is 0 Å². The maximum Gasteiger partial charge on any atom is 0.337 e. The fourth-order valence-corrected chi connectivity index (χ4v) is 0.867. The van der Waals surface area contributed by atoms with Crippen molar-refractivity contribution in [2.45, 2.75) is 6.92 Å². The molecule has 1 rings (SSSR count). The van der Waals surface area contributed by atoms with Crippen molar-refractivity contribution in [1.82, 2.24) is 6.15 Å². The van der Waals surface area contributed by atoms with Gasteiger partial charge < -0.3 is 17.0 Å². The fraction of sp³-hybridized carbons (Fsp3) is 0.125. The van der Waals surface area contributed by atoms with E-state index in [-0.39, 0.29) is 11.7 Å². The zero-order valence-corrected chi connectivity index (χ0v) is 6.87. The molecule has 0 amide bonds. The highest BCUT2D eigenvalue weighted by atomic mass is 16.4. The first-order chi connectivity index (χ1) is 5.13. The lowest BCUT2D eigenvalue weighted by atomic mass is 10.1. The Kier molecular flexibility index (Phi) is 3.25. The zero-order valence-electron chi connectivity index (χ0n) is 6.87. The van der Waals surface area contributed by atoms with E-state index in [0.29, 0.717) is 5.69 Å². The number of anilines is 1. The Morgan fingerprint density at radius 2 is 2.08 bits per heavy atom. The Morgan fingerprint density at radius 3 is 2.50 bits per heavy atom. The van der Waals surface area contributed by atoms with Gasteiger partial charge in [0.2, 0.25) is 0 Å². The highest BCUT2D eigenvalue weighted by molar-refractivity contribution is 5.94. The number of carboxylic acids is 1. The third-order valence-corrected chi connectivity index (χ3v) is 1.55. The summed E-state index contributed by atoms with van der Waals surface area (Å²) in [6.07, 6.45) is 0. The molecule has 0 unspecified atom stereocenters. The molecule has 0 aliphatic rings. The number of para-hydroxylation sites is 1. The molecule has 0 aromatic heterocycles. The summed E-state index contributed by atoms with van der Waals surface area (Å²) >= 11 is 0. The molecule has 4 nitrogen and oxygen atoms in total. The summed E-state index contributed by atoms with van der Waals surface area (Å²) in [4.78, 5) is 10.5. The summed E-state index contributed by atoms with van der Waals surface area (Å²) in [5.74, 6) is -0.980. The number of rotatable bonds is 1. The normalized spacial score (nSPS) is 8.75. The molecule has 0 aliphatic heterocycles. The Labute approximate surface area is 70.6 Å². The topological polar surface area (TPSA) is 98.3 Å². The lowest BCUT2D eigenvalue weighted by molar-refractivity contribution is 0.0698. The van der Waals surface area contributed by atoms with Crippen LogP contribution in [-0.2, 0) is 0 Å². The van der Waals surface area contributed by atoms with Gasteiger partial charge in [0.25, 0.3) is 0 Å². The van der Waals surface area contributed by atoms with E-state index in [1.165, 1.54) is 6.07 Å². The monoisotopic (exact) mass is 168 g/mol. The molecule has 0 atom stereocenters. The average molecular weight is 168 g/mol. The molecule has 0 aliphatic carbocycles. The van der Waals surface area contributed by atoms with Crippen LogP contribution in [0.5, 0.6) is 0 Å². The van der Waals surface area contributed by atoms with E-state index in [2.05, 4.69) is 0 Å². The van der Waals surface area contributed by atoms with Crippen LogP contribution >= 0.6 is 0 Å². The van der Waals surface area contributed by atoms with Crippen molar-refractivity contribution in [2.75, 3.05) is 5.73 Å². The highest BCUT2D eigenvalue weighted by Gasteiger charge is 2.07. The maximum atomic E-state index is 10.5. The first-order valence-corrected chi connectivity index (χ1v) is 3.21. The molecule has 6 N–H and O–H groups in total. The second-order valence-corrected chi connectivity index (χ2v) is 2.34. The predicted molar refractivity (Wildman–Crippen MR) is 47.6 cm³/mol. The van der Waals surface area contributed by atoms with Crippen molar-refractivity contribution in [3.63, 3.8) is 0 Å². The lowest BCUT2D eigenvalue weighted by Gasteiger charge is -2.02. The highest BCUT2D eigenvalue weighted by Crippen LogP contribution is 2.15. The van der Waals surface area contributed by atoms with Crippen LogP contribution < -0.4 is 11.9 Å². The molecule has 4 heteroatoms. The molecule has 12 heavy (non-hydrogen) atoms. The van der Waals surface area contributed by atoms with Crippen molar-refractivity contribution in [3.8, 4) is 0 Å². The molecule has 0 saturated heterocycles. The van der Waals surface area contributed by atoms with Crippen LogP contribution in [0.1, 0.15) is 15.9 Å². The number of aryl methyl sites for hydroxylation is 1. The largest absolute Gasteiger partial charge is 0.478 e. The summed E-state index contributed by atoms with van der Waals surface area (Å²) in [7, 11) is 0. The Morgan fingerprint density at radius 1 is 1.50 bits per heavy atom. The van der Waals surface area contributed by atoms with Crippen molar-refractivity contribution >= 4 is 11.7 Å². The van der Waals surface area contributed by atoms with Crippen LogP contribution in [0, 0.1) is 6.92 Å². The van der Waals surface area contributed by atoms with E-state index < -0.39 is 5.97 Å². The van der Waals surface area contributed by atoms with Gasteiger partial charge in [0, 0.05) is 5.69 Å². The minimum atomic E-state index is -0.980. The molecule has 0 fully saturated rings. The van der Waals surface area contributed by atoms with Gasteiger partial charge in [-0.15, -0.1) is 0 Å². The molecule has 1 aromatic carbocycles. The molecule has 0 heterocycles. The molecular formula is C8H12N2O2. The van der Waals surface area contributed by atoms with E-state index in [4.69, 9.17) is 10.8 Å². The van der Waals surface area contributed by atoms with Crippen LogP contribution in [0.2, 0.25) is 0 Å². The van der Waals surface area contributed by atoms with E-state index in [1.54, 1.807) is 19.1 Å². The summed E-state index contributed by atoms with van der Waals surface area (Å²) < 4.78 is 0. The molecule has 66 valence electrons. The second kappa shape index (κ2) is 3.73. The van der Waals surface area contributed by atoms with Gasteiger partial charge in [-0.2, -0.15) is 0 Å². The van der Waals surface area contributed by atoms with Crippen LogP contribution in [0.25, 0.3) is 0 Å². The van der Waals surface area contributed by atoms with Crippen LogP contribution in [-0.4, -0.2) is 11.1 Å². The summed E-state index contributed by atoms with van der Waals surface area (Å²) in [6.45, 7) is 1.78. The zero-order chi connectivity index (χ0) is 8.43. The number of benzene rings is 1. The molecule has 0 spiro atoms. The van der Waals surface area contributed by atoms with Crippen LogP contribution in [0.3, 0.4) is 0 Å². The minimum absolute atomic E-state index is 0. The maximum absolute atomic E-state index is 10.5.